The summed E-state index contributed by atoms with van der Waals surface area (Å²) < 4.78 is 37.8. The third-order valence-corrected chi connectivity index (χ3v) is 7.46. The van der Waals surface area contributed by atoms with Crippen molar-refractivity contribution < 1.29 is 84.2 Å². The Balaban J connectivity index is 1.37. The minimum absolute atomic E-state index is 0.413. The zero-order valence-electron chi connectivity index (χ0n) is 21.2. The van der Waals surface area contributed by atoms with Crippen molar-refractivity contribution in [1.82, 2.24) is 0 Å². The van der Waals surface area contributed by atoms with Crippen molar-refractivity contribution in [2.75, 3.05) is 19.8 Å². The van der Waals surface area contributed by atoms with Gasteiger partial charge in [0.1, 0.15) is 66.6 Å². The molecular formula is C22H38O17. The highest BCUT2D eigenvalue weighted by Gasteiger charge is 2.54. The third kappa shape index (κ3) is 6.11. The van der Waals surface area contributed by atoms with Gasteiger partial charge in [-0.25, -0.2) is 0 Å². The first-order chi connectivity index (χ1) is 18.3. The van der Waals surface area contributed by atoms with E-state index in [9.17, 15) is 51.1 Å². The van der Waals surface area contributed by atoms with Crippen molar-refractivity contribution >= 4 is 0 Å². The molecule has 17 heteroatoms. The lowest BCUT2D eigenvalue weighted by Crippen LogP contribution is -2.64. The highest BCUT2D eigenvalue weighted by atomic mass is 16.8. The third-order valence-electron chi connectivity index (χ3n) is 7.46. The fraction of sp³-hybridized carbons (Fsp3) is 1.00. The molecule has 4 saturated heterocycles. The van der Waals surface area contributed by atoms with E-state index >= 15 is 0 Å². The van der Waals surface area contributed by atoms with Crippen molar-refractivity contribution in [2.45, 2.75) is 118 Å². The maximum Gasteiger partial charge on any atom is 0.187 e. The average molecular weight is 575 g/mol. The maximum atomic E-state index is 10.8. The molecule has 17 atom stereocenters. The smallest absolute Gasteiger partial charge is 0.187 e. The molecule has 0 spiro atoms. The second kappa shape index (κ2) is 12.3. The first-order valence-electron chi connectivity index (χ1n) is 12.6. The van der Waals surface area contributed by atoms with Crippen LogP contribution in [0.25, 0.3) is 0 Å². The Labute approximate surface area is 222 Å². The van der Waals surface area contributed by atoms with Crippen molar-refractivity contribution in [2.24, 2.45) is 0 Å². The second-order valence-corrected chi connectivity index (χ2v) is 10.4. The summed E-state index contributed by atoms with van der Waals surface area (Å²) in [5.74, 6) is 0. The monoisotopic (exact) mass is 574 g/mol. The Morgan fingerprint density at radius 1 is 0.667 bits per heavy atom. The molecule has 17 nitrogen and oxygen atoms in total. The van der Waals surface area contributed by atoms with Crippen LogP contribution in [-0.2, 0) is 33.2 Å². The second-order valence-electron chi connectivity index (χ2n) is 10.4. The molecule has 0 amide bonds. The predicted octanol–water partition coefficient (Wildman–Crippen LogP) is -6.41. The van der Waals surface area contributed by atoms with E-state index in [0.29, 0.717) is 0 Å². The van der Waals surface area contributed by atoms with Crippen LogP contribution >= 0.6 is 0 Å². The number of aliphatic hydroxyl groups is 10. The van der Waals surface area contributed by atoms with Crippen LogP contribution in [0.5, 0.6) is 0 Å². The lowest BCUT2D eigenvalue weighted by atomic mass is 9.97. The van der Waals surface area contributed by atoms with E-state index in [1.54, 1.807) is 0 Å². The zero-order valence-corrected chi connectivity index (χ0v) is 21.2. The van der Waals surface area contributed by atoms with Gasteiger partial charge in [0.15, 0.2) is 25.2 Å². The van der Waals surface area contributed by atoms with Gasteiger partial charge >= 0.3 is 0 Å². The Bertz CT molecular complexity index is 807. The molecule has 4 fully saturated rings. The fourth-order valence-corrected chi connectivity index (χ4v) is 4.91. The summed E-state index contributed by atoms with van der Waals surface area (Å²) in [6.45, 7) is 1.17. The van der Waals surface area contributed by atoms with Gasteiger partial charge in [0.25, 0.3) is 0 Å². The quantitative estimate of drug-likeness (QED) is 0.135. The van der Waals surface area contributed by atoms with Gasteiger partial charge in [0, 0.05) is 0 Å². The largest absolute Gasteiger partial charge is 0.393 e. The molecule has 4 aliphatic heterocycles. The molecule has 0 radical (unpaired) electrons. The Hall–Kier alpha value is -0.680. The van der Waals surface area contributed by atoms with Crippen molar-refractivity contribution in [3.05, 3.63) is 0 Å². The molecule has 0 bridgehead atoms. The predicted molar refractivity (Wildman–Crippen MR) is 119 cm³/mol. The lowest BCUT2D eigenvalue weighted by Gasteiger charge is -2.47. The number of hydrogen-bond acceptors (Lipinski definition) is 17. The van der Waals surface area contributed by atoms with Gasteiger partial charge in [-0.1, -0.05) is 0 Å². The molecule has 4 heterocycles. The van der Waals surface area contributed by atoms with Crippen LogP contribution < -0.4 is 0 Å². The summed E-state index contributed by atoms with van der Waals surface area (Å²) >= 11 is 0. The van der Waals surface area contributed by atoms with Crippen LogP contribution in [0.2, 0.25) is 0 Å². The summed E-state index contributed by atoms with van der Waals surface area (Å²) in [6, 6.07) is 0. The molecule has 39 heavy (non-hydrogen) atoms. The van der Waals surface area contributed by atoms with Crippen LogP contribution in [0.3, 0.4) is 0 Å². The van der Waals surface area contributed by atoms with E-state index < -0.39 is 124 Å². The molecule has 4 aliphatic rings. The summed E-state index contributed by atoms with van der Waals surface area (Å²) in [4.78, 5) is 0. The number of aliphatic hydroxyl groups excluding tert-OH is 9. The number of ether oxygens (including phenoxy) is 7. The van der Waals surface area contributed by atoms with Gasteiger partial charge < -0.3 is 84.2 Å². The van der Waals surface area contributed by atoms with E-state index in [0.717, 1.165) is 0 Å². The highest BCUT2D eigenvalue weighted by molar-refractivity contribution is 4.96. The van der Waals surface area contributed by atoms with Gasteiger partial charge in [0.05, 0.1) is 32.0 Å². The van der Waals surface area contributed by atoms with E-state index in [2.05, 4.69) is 0 Å². The Kier molecular flexibility index (Phi) is 9.84. The van der Waals surface area contributed by atoms with Gasteiger partial charge in [-0.3, -0.25) is 0 Å². The minimum atomic E-state index is -2.00. The molecule has 0 aromatic carbocycles. The van der Waals surface area contributed by atoms with Gasteiger partial charge in [0.2, 0.25) is 0 Å². The topological polar surface area (TPSA) is 267 Å². The van der Waals surface area contributed by atoms with E-state index in [1.807, 2.05) is 0 Å². The molecule has 0 aromatic heterocycles. The van der Waals surface area contributed by atoms with Gasteiger partial charge in [-0.2, -0.15) is 0 Å². The molecule has 10 N–H and O–H groups in total. The minimum Gasteiger partial charge on any atom is -0.393 e. The highest BCUT2D eigenvalue weighted by Crippen LogP contribution is 2.33. The van der Waals surface area contributed by atoms with E-state index in [4.69, 9.17) is 33.2 Å². The molecule has 4 rings (SSSR count). The summed E-state index contributed by atoms with van der Waals surface area (Å²) in [7, 11) is 0. The summed E-state index contributed by atoms with van der Waals surface area (Å²) in [5.41, 5.74) is -2.00. The van der Waals surface area contributed by atoms with Crippen molar-refractivity contribution in [3.63, 3.8) is 0 Å². The van der Waals surface area contributed by atoms with Gasteiger partial charge in [-0.05, 0) is 13.8 Å². The maximum absolute atomic E-state index is 10.8. The standard InChI is InChI=1S/C22H38O17/c1-6-9(25)10(26)16(18(31)35-6)39-20-12(28)11(27)14(7(2)36-20)37-19-13(29)15(8(24)3-33-19)38-21-17(30)22(32,4-23)5-34-21/h6-21,23-32H,3-5H2,1-2H3/t6-,7+,8-,9+,10+,11+,12-,13-,14+,15+,16-,17+,18+,19+,20+,21+,22-/m1/s1. The zero-order chi connectivity index (χ0) is 28.8. The molecule has 0 unspecified atom stereocenters. The van der Waals surface area contributed by atoms with Crippen LogP contribution in [0.1, 0.15) is 13.8 Å². The van der Waals surface area contributed by atoms with Crippen LogP contribution in [0, 0.1) is 0 Å². The van der Waals surface area contributed by atoms with Gasteiger partial charge in [-0.15, -0.1) is 0 Å². The lowest BCUT2D eigenvalue weighted by molar-refractivity contribution is -0.375. The first-order valence-corrected chi connectivity index (χ1v) is 12.6. The normalized spacial score (nSPS) is 55.1. The first kappa shape index (κ1) is 31.3. The Morgan fingerprint density at radius 2 is 1.28 bits per heavy atom. The molecule has 0 aliphatic carbocycles. The Morgan fingerprint density at radius 3 is 1.92 bits per heavy atom. The summed E-state index contributed by atoms with van der Waals surface area (Å²) in [5, 5.41) is 102. The van der Waals surface area contributed by atoms with Crippen molar-refractivity contribution in [1.29, 1.82) is 0 Å². The van der Waals surface area contributed by atoms with Crippen LogP contribution in [0.15, 0.2) is 0 Å². The summed E-state index contributed by atoms with van der Waals surface area (Å²) in [6.07, 6.45) is -23.8. The number of rotatable bonds is 7. The van der Waals surface area contributed by atoms with E-state index in [-0.39, 0.29) is 0 Å². The molecule has 0 aromatic rings. The van der Waals surface area contributed by atoms with Crippen molar-refractivity contribution in [3.8, 4) is 0 Å². The fourth-order valence-electron chi connectivity index (χ4n) is 4.91. The van der Waals surface area contributed by atoms with E-state index in [1.165, 1.54) is 13.8 Å². The average Bonchev–Trinajstić information content (AvgIpc) is 3.18. The molecule has 228 valence electrons. The number of hydrogen-bond donors (Lipinski definition) is 10. The van der Waals surface area contributed by atoms with Crippen LogP contribution in [-0.4, -0.2) is 175 Å². The molecule has 0 saturated carbocycles. The SMILES string of the molecule is C[C@@H]1O[C@@H](O[C@@H]2[C@@H](O)[C@@H](O)[C@@H](C)O[C@@H]2O)[C@H](O)[C@H](O)[C@H]1O[C@@H]1OC[C@@H](O)[C@H](O[C@@H]2OC[C@](O)(CO)[C@H]2O)[C@H]1O. The molecular weight excluding hydrogens is 536 g/mol. The van der Waals surface area contributed by atoms with Crippen LogP contribution in [0.4, 0.5) is 0 Å².